The van der Waals surface area contributed by atoms with Gasteiger partial charge in [-0.25, -0.2) is 0 Å². The van der Waals surface area contributed by atoms with E-state index in [-0.39, 0.29) is 0 Å². The first-order chi connectivity index (χ1) is 2.91. The summed E-state index contributed by atoms with van der Waals surface area (Å²) < 4.78 is 0. The molecule has 0 aliphatic heterocycles. The van der Waals surface area contributed by atoms with Crippen LogP contribution in [0.15, 0.2) is 0 Å². The zero-order valence-corrected chi connectivity index (χ0v) is 4.83. The van der Waals surface area contributed by atoms with Crippen LogP contribution in [-0.2, 0) is 0 Å². The van der Waals surface area contributed by atoms with Crippen molar-refractivity contribution in [2.45, 2.75) is 12.6 Å². The van der Waals surface area contributed by atoms with Gasteiger partial charge in [-0.3, -0.25) is 0 Å². The summed E-state index contributed by atoms with van der Waals surface area (Å²) in [6, 6.07) is 0. The molecule has 0 heterocycles. The van der Waals surface area contributed by atoms with Gasteiger partial charge in [-0.15, -0.1) is 0 Å². The molecule has 0 aromatic carbocycles. The highest BCUT2D eigenvalue weighted by Gasteiger charge is 1.81. The molecule has 0 N–H and O–H groups in total. The summed E-state index contributed by atoms with van der Waals surface area (Å²) in [4.78, 5) is 0. The second-order valence-corrected chi connectivity index (χ2v) is 1.71. The maximum atomic E-state index is 2.23. The quantitative estimate of drug-likeness (QED) is 0.265. The monoisotopic (exact) mass is 78.1 g/mol. The Labute approximate surface area is 43.3 Å². The molecule has 0 atom stereocenters. The average Bonchev–Trinajstić information content (AvgIpc) is 1.61. The second-order valence-electron chi connectivity index (χ2n) is 1.71. The van der Waals surface area contributed by atoms with E-state index in [2.05, 4.69) is 15.6 Å². The predicted octanol–water partition coefficient (Wildman–Crippen LogP) is -2.21. The molecule has 0 saturated heterocycles. The predicted molar refractivity (Wildman–Crippen MR) is 41.0 cm³/mol. The van der Waals surface area contributed by atoms with Crippen molar-refractivity contribution in [2.75, 3.05) is 0 Å². The molecule has 0 fully saturated rings. The van der Waals surface area contributed by atoms with Crippen LogP contribution in [0, 0.1) is 0 Å². The summed E-state index contributed by atoms with van der Waals surface area (Å²) in [7, 11) is 7.23. The third kappa shape index (κ3) is 4.26. The molecule has 0 nitrogen and oxygen atoms in total. The first-order valence-corrected chi connectivity index (χ1v) is 2.91. The Morgan fingerprint density at radius 2 is 2.17 bits per heavy atom. The molecule has 0 rings (SSSR count). The number of hydrogen-bond acceptors (Lipinski definition) is 0. The van der Waals surface area contributed by atoms with E-state index in [1.165, 1.54) is 26.9 Å². The van der Waals surface area contributed by atoms with Gasteiger partial charge in [0.2, 0.25) is 0 Å². The summed E-state index contributed by atoms with van der Waals surface area (Å²) in [6.07, 6.45) is 2.77. The average molecular weight is 77.4 g/mol. The van der Waals surface area contributed by atoms with Gasteiger partial charge in [0.25, 0.3) is 0 Å². The standard InChI is InChI=1S/C2H10B4/c3-1-2-5-6-4/h5-6H,1-4H2. The minimum Gasteiger partial charge on any atom is -0.0922 e. The first kappa shape index (κ1) is 6.26. The fraction of sp³-hybridized carbons (Fsp3) is 1.00. The van der Waals surface area contributed by atoms with Crippen LogP contribution in [0.25, 0.3) is 0 Å². The second kappa shape index (κ2) is 5.26. The zero-order valence-electron chi connectivity index (χ0n) is 4.83. The molecule has 0 saturated carbocycles. The summed E-state index contributed by atoms with van der Waals surface area (Å²) in [5.74, 6) is 0. The number of rotatable bonds is 3. The summed E-state index contributed by atoms with van der Waals surface area (Å²) in [6.45, 7) is 0. The molecular formula is C2H10B4. The Morgan fingerprint density at radius 3 is 2.33 bits per heavy atom. The molecule has 6 heavy (non-hydrogen) atoms. The van der Waals surface area contributed by atoms with E-state index in [1.54, 1.807) is 0 Å². The van der Waals surface area contributed by atoms with Crippen molar-refractivity contribution in [2.24, 2.45) is 0 Å². The lowest BCUT2D eigenvalue weighted by Gasteiger charge is -1.81. The van der Waals surface area contributed by atoms with Gasteiger partial charge in [-0.2, -0.15) is 0 Å². The van der Waals surface area contributed by atoms with Crippen LogP contribution in [0.5, 0.6) is 0 Å². The van der Waals surface area contributed by atoms with E-state index in [1.807, 2.05) is 0 Å². The van der Waals surface area contributed by atoms with Gasteiger partial charge >= 0.3 is 0 Å². The Bertz CT molecular complexity index is 17.5. The highest BCUT2D eigenvalue weighted by atomic mass is 13.4. The van der Waals surface area contributed by atoms with Crippen LogP contribution in [0.3, 0.4) is 0 Å². The molecule has 0 aliphatic carbocycles. The van der Waals surface area contributed by atoms with Gasteiger partial charge < -0.3 is 0 Å². The Hall–Kier alpha value is 0.260. The summed E-state index contributed by atoms with van der Waals surface area (Å²) >= 11 is 0. The van der Waals surface area contributed by atoms with Crippen molar-refractivity contribution < 1.29 is 0 Å². The van der Waals surface area contributed by atoms with Crippen LogP contribution in [0.1, 0.15) is 0 Å². The van der Waals surface area contributed by atoms with Gasteiger partial charge in [0.05, 0.1) is 29.8 Å². The van der Waals surface area contributed by atoms with Gasteiger partial charge in [0, 0.05) is 0 Å². The number of hydrogen-bond donors (Lipinski definition) is 0. The third-order valence-electron chi connectivity index (χ3n) is 0.957. The Balaban J connectivity index is 2.34. The normalized spacial score (nSPS) is 7.33. The fourth-order valence-electron chi connectivity index (χ4n) is 0.500. The topological polar surface area (TPSA) is 0 Å². The van der Waals surface area contributed by atoms with Gasteiger partial charge in [0.15, 0.2) is 0 Å². The van der Waals surface area contributed by atoms with Crippen LogP contribution < -0.4 is 0 Å². The molecule has 0 aromatic rings. The molecule has 0 radical (unpaired) electrons. The van der Waals surface area contributed by atoms with Crippen molar-refractivity contribution in [3.63, 3.8) is 0 Å². The molecule has 0 amide bonds. The van der Waals surface area contributed by atoms with Gasteiger partial charge in [0.1, 0.15) is 0 Å². The van der Waals surface area contributed by atoms with Crippen molar-refractivity contribution in [3.8, 4) is 0 Å². The smallest absolute Gasteiger partial charge is 0.0922 e. The maximum absolute atomic E-state index is 2.23. The molecular weight excluding hydrogens is 67.3 g/mol. The van der Waals surface area contributed by atoms with Gasteiger partial charge in [-0.05, 0) is 0 Å². The van der Waals surface area contributed by atoms with Crippen LogP contribution in [0.4, 0.5) is 0 Å². The van der Waals surface area contributed by atoms with Crippen LogP contribution in [-0.4, -0.2) is 29.8 Å². The van der Waals surface area contributed by atoms with Crippen molar-refractivity contribution in [1.29, 1.82) is 0 Å². The molecule has 30 valence electrons. The lowest BCUT2D eigenvalue weighted by atomic mass is 9.26. The summed E-state index contributed by atoms with van der Waals surface area (Å²) in [5, 5.41) is 0. The minimum atomic E-state index is 1.36. The Morgan fingerprint density at radius 1 is 1.50 bits per heavy atom. The molecule has 0 aliphatic rings. The van der Waals surface area contributed by atoms with E-state index in [4.69, 9.17) is 0 Å². The molecule has 0 unspecified atom stereocenters. The minimum absolute atomic E-state index is 1.36. The largest absolute Gasteiger partial charge is 0.0999 e. The van der Waals surface area contributed by atoms with E-state index in [0.29, 0.717) is 0 Å². The van der Waals surface area contributed by atoms with Crippen LogP contribution in [0.2, 0.25) is 12.6 Å². The lowest BCUT2D eigenvalue weighted by molar-refractivity contribution is 1.45. The fourth-order valence-corrected chi connectivity index (χ4v) is 0.500. The van der Waals surface area contributed by atoms with Crippen molar-refractivity contribution in [3.05, 3.63) is 0 Å². The highest BCUT2D eigenvalue weighted by Crippen LogP contribution is 1.77. The van der Waals surface area contributed by atoms with Gasteiger partial charge in [-0.1, -0.05) is 12.6 Å². The van der Waals surface area contributed by atoms with E-state index >= 15 is 0 Å². The molecule has 0 bridgehead atoms. The Kier molecular flexibility index (Phi) is 5.49. The first-order valence-electron chi connectivity index (χ1n) is 2.91. The van der Waals surface area contributed by atoms with Crippen molar-refractivity contribution >= 4 is 29.8 Å². The maximum Gasteiger partial charge on any atom is 0.0999 e. The zero-order chi connectivity index (χ0) is 4.83. The SMILES string of the molecule is BBBCCB. The van der Waals surface area contributed by atoms with Crippen molar-refractivity contribution in [1.82, 2.24) is 0 Å². The molecule has 4 heteroatoms. The molecule has 0 aromatic heterocycles. The summed E-state index contributed by atoms with van der Waals surface area (Å²) in [5.41, 5.74) is 0. The lowest BCUT2D eigenvalue weighted by Crippen LogP contribution is -2.00. The van der Waals surface area contributed by atoms with Crippen LogP contribution >= 0.6 is 0 Å². The third-order valence-corrected chi connectivity index (χ3v) is 0.957. The molecule has 0 spiro atoms. The van der Waals surface area contributed by atoms with E-state index < -0.39 is 0 Å². The highest BCUT2D eigenvalue weighted by molar-refractivity contribution is 7.23. The van der Waals surface area contributed by atoms with E-state index in [0.717, 1.165) is 0 Å². The van der Waals surface area contributed by atoms with E-state index in [9.17, 15) is 0 Å².